The monoisotopic (exact) mass is 348 g/mol. The molecule has 0 saturated carbocycles. The number of urea groups is 1. The van der Waals surface area contributed by atoms with Crippen LogP contribution >= 0.6 is 0 Å². The van der Waals surface area contributed by atoms with Gasteiger partial charge in [0.15, 0.2) is 0 Å². The molecule has 3 aromatic rings. The number of carbonyl (C=O) groups excluding carboxylic acids is 1. The number of rotatable bonds is 6. The van der Waals surface area contributed by atoms with Crippen LogP contribution in [-0.4, -0.2) is 27.6 Å². The summed E-state index contributed by atoms with van der Waals surface area (Å²) in [5.41, 5.74) is 2.71. The van der Waals surface area contributed by atoms with Crippen molar-refractivity contribution < 1.29 is 9.32 Å². The van der Waals surface area contributed by atoms with E-state index in [1.165, 1.54) is 0 Å². The van der Waals surface area contributed by atoms with E-state index in [2.05, 4.69) is 22.0 Å². The molecule has 6 nitrogen and oxygen atoms in total. The maximum absolute atomic E-state index is 12.5. The largest absolute Gasteiger partial charge is 0.337 e. The second kappa shape index (κ2) is 8.11. The van der Waals surface area contributed by atoms with Gasteiger partial charge in [-0.3, -0.25) is 0 Å². The minimum atomic E-state index is -0.258. The van der Waals surface area contributed by atoms with Crippen LogP contribution in [0.1, 0.15) is 11.5 Å². The summed E-state index contributed by atoms with van der Waals surface area (Å²) in [6.45, 7) is 6.27. The molecule has 0 atom stereocenters. The Balaban J connectivity index is 1.72. The third kappa shape index (κ3) is 4.36. The van der Waals surface area contributed by atoms with Gasteiger partial charge in [-0.05, 0) is 25.1 Å². The predicted octanol–water partition coefficient (Wildman–Crippen LogP) is 4.27. The van der Waals surface area contributed by atoms with E-state index >= 15 is 0 Å². The van der Waals surface area contributed by atoms with Crippen molar-refractivity contribution in [3.05, 3.63) is 78.7 Å². The highest BCUT2D eigenvalue weighted by Crippen LogP contribution is 2.18. The van der Waals surface area contributed by atoms with E-state index in [1.54, 1.807) is 11.0 Å². The average Bonchev–Trinajstić information content (AvgIpc) is 3.11. The van der Waals surface area contributed by atoms with Gasteiger partial charge < -0.3 is 14.7 Å². The Kier molecular flexibility index (Phi) is 5.43. The Morgan fingerprint density at radius 3 is 2.77 bits per heavy atom. The van der Waals surface area contributed by atoms with Gasteiger partial charge in [0, 0.05) is 17.8 Å². The molecule has 0 saturated heterocycles. The van der Waals surface area contributed by atoms with Crippen LogP contribution in [0.25, 0.3) is 11.4 Å². The third-order valence-corrected chi connectivity index (χ3v) is 3.73. The predicted molar refractivity (Wildman–Crippen MR) is 101 cm³/mol. The van der Waals surface area contributed by atoms with Crippen LogP contribution in [0.2, 0.25) is 0 Å². The van der Waals surface area contributed by atoms with E-state index in [4.69, 9.17) is 4.52 Å². The van der Waals surface area contributed by atoms with Crippen molar-refractivity contribution in [2.24, 2.45) is 0 Å². The van der Waals surface area contributed by atoms with Gasteiger partial charge in [0.05, 0.1) is 0 Å². The smallest absolute Gasteiger partial charge is 0.322 e. The fraction of sp³-hybridized carbons (Fsp3) is 0.150. The van der Waals surface area contributed by atoms with Crippen molar-refractivity contribution in [3.8, 4) is 11.4 Å². The van der Waals surface area contributed by atoms with Gasteiger partial charge in [0.1, 0.15) is 6.54 Å². The van der Waals surface area contributed by atoms with Gasteiger partial charge in [-0.25, -0.2) is 4.79 Å². The lowest BCUT2D eigenvalue weighted by Gasteiger charge is -2.19. The first-order valence-electron chi connectivity index (χ1n) is 8.27. The molecule has 1 heterocycles. The molecule has 1 aromatic heterocycles. The number of anilines is 1. The van der Waals surface area contributed by atoms with Gasteiger partial charge in [-0.2, -0.15) is 4.98 Å². The summed E-state index contributed by atoms with van der Waals surface area (Å²) in [4.78, 5) is 18.5. The van der Waals surface area contributed by atoms with Crippen LogP contribution in [0.4, 0.5) is 10.5 Å². The quantitative estimate of drug-likeness (QED) is 0.676. The number of benzene rings is 2. The van der Waals surface area contributed by atoms with E-state index < -0.39 is 0 Å². The number of nitrogens with one attached hydrogen (secondary N) is 1. The molecule has 132 valence electrons. The first-order valence-corrected chi connectivity index (χ1v) is 8.27. The molecule has 0 bridgehead atoms. The van der Waals surface area contributed by atoms with Crippen molar-refractivity contribution in [1.29, 1.82) is 0 Å². The maximum atomic E-state index is 12.5. The molecule has 1 N–H and O–H groups in total. The van der Waals surface area contributed by atoms with E-state index in [0.717, 1.165) is 16.8 Å². The van der Waals surface area contributed by atoms with Crippen LogP contribution in [0.15, 0.2) is 71.8 Å². The minimum absolute atomic E-state index is 0.198. The average molecular weight is 348 g/mol. The van der Waals surface area contributed by atoms with Gasteiger partial charge >= 0.3 is 6.03 Å². The first-order chi connectivity index (χ1) is 12.7. The molecular weight excluding hydrogens is 328 g/mol. The lowest BCUT2D eigenvalue weighted by Crippen LogP contribution is -2.34. The summed E-state index contributed by atoms with van der Waals surface area (Å²) in [5, 5.41) is 6.86. The van der Waals surface area contributed by atoms with E-state index in [0.29, 0.717) is 18.3 Å². The topological polar surface area (TPSA) is 71.3 Å². The number of carbonyl (C=O) groups is 1. The number of aryl methyl sites for hydroxylation is 1. The number of nitrogens with zero attached hydrogens (tertiary/aromatic N) is 3. The summed E-state index contributed by atoms with van der Waals surface area (Å²) in [6, 6.07) is 16.9. The van der Waals surface area contributed by atoms with Crippen molar-refractivity contribution in [3.63, 3.8) is 0 Å². The van der Waals surface area contributed by atoms with Crippen LogP contribution < -0.4 is 5.32 Å². The second-order valence-corrected chi connectivity index (χ2v) is 5.85. The molecule has 0 aliphatic heterocycles. The molecule has 0 spiro atoms. The Hall–Kier alpha value is -3.41. The standard InChI is InChI=1S/C20H20N4O2/c1-3-12-24(20(25)21-17-10-5-4-6-11-17)14-18-22-19(23-26-18)16-9-7-8-15(2)13-16/h3-11,13H,1,12,14H2,2H3,(H,21,25). The number of hydrogen-bond donors (Lipinski definition) is 1. The Morgan fingerprint density at radius 1 is 1.23 bits per heavy atom. The Labute approximate surface area is 152 Å². The van der Waals surface area contributed by atoms with E-state index in [-0.39, 0.29) is 12.6 Å². The molecule has 0 aliphatic carbocycles. The normalized spacial score (nSPS) is 10.3. The lowest BCUT2D eigenvalue weighted by atomic mass is 10.1. The highest BCUT2D eigenvalue weighted by molar-refractivity contribution is 5.89. The molecule has 6 heteroatoms. The molecule has 0 unspecified atom stereocenters. The summed E-state index contributed by atoms with van der Waals surface area (Å²) >= 11 is 0. The lowest BCUT2D eigenvalue weighted by molar-refractivity contribution is 0.206. The fourth-order valence-electron chi connectivity index (χ4n) is 2.48. The molecule has 26 heavy (non-hydrogen) atoms. The molecule has 0 fully saturated rings. The zero-order valence-corrected chi connectivity index (χ0v) is 14.6. The van der Waals surface area contributed by atoms with E-state index in [9.17, 15) is 4.79 Å². The summed E-state index contributed by atoms with van der Waals surface area (Å²) in [5.74, 6) is 0.872. The molecule has 2 aromatic carbocycles. The van der Waals surface area contributed by atoms with Crippen molar-refractivity contribution >= 4 is 11.7 Å². The van der Waals surface area contributed by atoms with Crippen LogP contribution in [0, 0.1) is 6.92 Å². The fourth-order valence-corrected chi connectivity index (χ4v) is 2.48. The van der Waals surface area contributed by atoms with Gasteiger partial charge in [0.2, 0.25) is 11.7 Å². The maximum Gasteiger partial charge on any atom is 0.322 e. The van der Waals surface area contributed by atoms with Gasteiger partial charge in [-0.15, -0.1) is 6.58 Å². The van der Waals surface area contributed by atoms with Crippen molar-refractivity contribution in [2.45, 2.75) is 13.5 Å². The number of hydrogen-bond acceptors (Lipinski definition) is 4. The van der Waals surface area contributed by atoms with Crippen LogP contribution in [0.5, 0.6) is 0 Å². The van der Waals surface area contributed by atoms with Gasteiger partial charge in [0.25, 0.3) is 0 Å². The van der Waals surface area contributed by atoms with Crippen LogP contribution in [0.3, 0.4) is 0 Å². The number of para-hydroxylation sites is 1. The number of amides is 2. The molecule has 2 amide bonds. The third-order valence-electron chi connectivity index (χ3n) is 3.73. The van der Waals surface area contributed by atoms with Crippen molar-refractivity contribution in [2.75, 3.05) is 11.9 Å². The SMILES string of the molecule is C=CCN(Cc1nc(-c2cccc(C)c2)no1)C(=O)Nc1ccccc1. The minimum Gasteiger partial charge on any atom is -0.337 e. The Morgan fingerprint density at radius 2 is 2.04 bits per heavy atom. The molecule has 0 radical (unpaired) electrons. The highest BCUT2D eigenvalue weighted by Gasteiger charge is 2.17. The second-order valence-electron chi connectivity index (χ2n) is 5.85. The zero-order valence-electron chi connectivity index (χ0n) is 14.6. The van der Waals surface area contributed by atoms with Crippen LogP contribution in [-0.2, 0) is 6.54 Å². The van der Waals surface area contributed by atoms with Crippen molar-refractivity contribution in [1.82, 2.24) is 15.0 Å². The summed E-state index contributed by atoms with van der Waals surface area (Å²) in [6.07, 6.45) is 1.66. The summed E-state index contributed by atoms with van der Waals surface area (Å²) < 4.78 is 5.32. The zero-order chi connectivity index (χ0) is 18.4. The van der Waals surface area contributed by atoms with E-state index in [1.807, 2.05) is 61.5 Å². The molecule has 0 aliphatic rings. The molecule has 3 rings (SSSR count). The van der Waals surface area contributed by atoms with Gasteiger partial charge in [-0.1, -0.05) is 53.2 Å². The Bertz CT molecular complexity index is 890. The first kappa shape index (κ1) is 17.4. The number of aromatic nitrogens is 2. The molecular formula is C20H20N4O2. The highest BCUT2D eigenvalue weighted by atomic mass is 16.5. The summed E-state index contributed by atoms with van der Waals surface area (Å²) in [7, 11) is 0.